The molecule has 0 aliphatic heterocycles. The molecule has 1 amide bonds. The van der Waals surface area contributed by atoms with Gasteiger partial charge >= 0.3 is 0 Å². The van der Waals surface area contributed by atoms with Crippen LogP contribution in [0.1, 0.15) is 0 Å². The van der Waals surface area contributed by atoms with E-state index in [1.807, 2.05) is 0 Å². The molecular formula is C17H20N2O4S. The Kier molecular flexibility index (Phi) is 5.46. The van der Waals surface area contributed by atoms with Crippen molar-refractivity contribution in [2.45, 2.75) is 4.90 Å². The van der Waals surface area contributed by atoms with Crippen molar-refractivity contribution in [3.8, 4) is 5.75 Å². The van der Waals surface area contributed by atoms with Crippen LogP contribution in [0.3, 0.4) is 0 Å². The van der Waals surface area contributed by atoms with Gasteiger partial charge in [-0.1, -0.05) is 30.3 Å². The first-order chi connectivity index (χ1) is 11.4. The van der Waals surface area contributed by atoms with E-state index in [2.05, 4.69) is 0 Å². The molecule has 0 unspecified atom stereocenters. The standard InChI is InChI=1S/C17H20N2O4S/c1-18(2)17(20)13-19(15-11-7-8-12-16(15)23-3)24(21,22)14-9-5-4-6-10-14/h4-12H,13H2,1-3H3. The van der Waals surface area contributed by atoms with E-state index in [1.54, 1.807) is 56.6 Å². The molecule has 0 heterocycles. The summed E-state index contributed by atoms with van der Waals surface area (Å²) in [5, 5.41) is 0. The maximum Gasteiger partial charge on any atom is 0.264 e. The fourth-order valence-corrected chi connectivity index (χ4v) is 3.57. The molecule has 0 atom stereocenters. The third kappa shape index (κ3) is 3.68. The minimum atomic E-state index is -3.91. The fourth-order valence-electron chi connectivity index (χ4n) is 2.12. The van der Waals surface area contributed by atoms with Crippen LogP contribution in [0.15, 0.2) is 59.5 Å². The lowest BCUT2D eigenvalue weighted by Crippen LogP contribution is -2.40. The first kappa shape index (κ1) is 17.8. The second-order valence-corrected chi connectivity index (χ2v) is 7.15. The highest BCUT2D eigenvalue weighted by Gasteiger charge is 2.29. The van der Waals surface area contributed by atoms with Crippen LogP contribution in [-0.4, -0.2) is 47.0 Å². The summed E-state index contributed by atoms with van der Waals surface area (Å²) >= 11 is 0. The molecule has 0 saturated carbocycles. The number of carbonyl (C=O) groups is 1. The number of nitrogens with zero attached hydrogens (tertiary/aromatic N) is 2. The van der Waals surface area contributed by atoms with Crippen molar-refractivity contribution in [3.05, 3.63) is 54.6 Å². The van der Waals surface area contributed by atoms with Crippen molar-refractivity contribution in [1.82, 2.24) is 4.90 Å². The summed E-state index contributed by atoms with van der Waals surface area (Å²) in [5.41, 5.74) is 0.319. The van der Waals surface area contributed by atoms with Gasteiger partial charge in [-0.2, -0.15) is 0 Å². The van der Waals surface area contributed by atoms with E-state index < -0.39 is 10.0 Å². The molecule has 0 spiro atoms. The minimum Gasteiger partial charge on any atom is -0.495 e. The zero-order valence-corrected chi connectivity index (χ0v) is 14.7. The van der Waals surface area contributed by atoms with Crippen LogP contribution in [-0.2, 0) is 14.8 Å². The summed E-state index contributed by atoms with van der Waals surface area (Å²) < 4.78 is 32.5. The minimum absolute atomic E-state index is 0.113. The highest BCUT2D eigenvalue weighted by molar-refractivity contribution is 7.92. The molecule has 0 bridgehead atoms. The van der Waals surface area contributed by atoms with Crippen molar-refractivity contribution in [3.63, 3.8) is 0 Å². The van der Waals surface area contributed by atoms with Gasteiger partial charge in [0.1, 0.15) is 12.3 Å². The Morgan fingerprint density at radius 1 is 1.00 bits per heavy atom. The number of rotatable bonds is 6. The van der Waals surface area contributed by atoms with Crippen LogP contribution in [0.5, 0.6) is 5.75 Å². The quantitative estimate of drug-likeness (QED) is 0.801. The molecule has 0 aliphatic carbocycles. The average Bonchev–Trinajstić information content (AvgIpc) is 2.60. The maximum atomic E-state index is 13.1. The normalized spacial score (nSPS) is 11.0. The molecule has 128 valence electrons. The monoisotopic (exact) mass is 348 g/mol. The largest absolute Gasteiger partial charge is 0.495 e. The van der Waals surface area contributed by atoms with E-state index in [1.165, 1.54) is 24.1 Å². The van der Waals surface area contributed by atoms with E-state index >= 15 is 0 Å². The molecule has 2 rings (SSSR count). The molecule has 0 fully saturated rings. The van der Waals surface area contributed by atoms with Gasteiger partial charge < -0.3 is 9.64 Å². The molecule has 6 nitrogen and oxygen atoms in total. The summed E-state index contributed by atoms with van der Waals surface area (Å²) in [6.07, 6.45) is 0. The maximum absolute atomic E-state index is 13.1. The number of hydrogen-bond acceptors (Lipinski definition) is 4. The van der Waals surface area contributed by atoms with Gasteiger partial charge in [0.05, 0.1) is 17.7 Å². The highest BCUT2D eigenvalue weighted by atomic mass is 32.2. The Labute approximate surface area is 142 Å². The molecule has 0 aliphatic rings. The number of ether oxygens (including phenoxy) is 1. The van der Waals surface area contributed by atoms with E-state index in [-0.39, 0.29) is 17.3 Å². The van der Waals surface area contributed by atoms with E-state index in [9.17, 15) is 13.2 Å². The van der Waals surface area contributed by atoms with Gasteiger partial charge in [0.25, 0.3) is 10.0 Å². The fraction of sp³-hybridized carbons (Fsp3) is 0.235. The third-order valence-corrected chi connectivity index (χ3v) is 5.24. The number of carbonyl (C=O) groups excluding carboxylic acids is 1. The van der Waals surface area contributed by atoms with E-state index in [0.29, 0.717) is 11.4 Å². The van der Waals surface area contributed by atoms with Crippen LogP contribution < -0.4 is 9.04 Å². The van der Waals surface area contributed by atoms with Crippen LogP contribution in [0.4, 0.5) is 5.69 Å². The zero-order chi connectivity index (χ0) is 17.7. The Hall–Kier alpha value is -2.54. The first-order valence-corrected chi connectivity index (χ1v) is 8.73. The number of sulfonamides is 1. The van der Waals surface area contributed by atoms with Gasteiger partial charge in [-0.25, -0.2) is 8.42 Å². The van der Waals surface area contributed by atoms with E-state index in [0.717, 1.165) is 4.31 Å². The summed E-state index contributed by atoms with van der Waals surface area (Å²) in [6, 6.07) is 14.7. The van der Waals surface area contributed by atoms with Gasteiger partial charge in [-0.3, -0.25) is 9.10 Å². The molecule has 2 aromatic carbocycles. The molecule has 0 saturated heterocycles. The SMILES string of the molecule is COc1ccccc1N(CC(=O)N(C)C)S(=O)(=O)c1ccccc1. The van der Waals surface area contributed by atoms with Gasteiger partial charge in [0.15, 0.2) is 0 Å². The Morgan fingerprint density at radius 3 is 2.17 bits per heavy atom. The first-order valence-electron chi connectivity index (χ1n) is 7.29. The molecule has 0 radical (unpaired) electrons. The van der Waals surface area contributed by atoms with Crippen LogP contribution in [0, 0.1) is 0 Å². The number of methoxy groups -OCH3 is 1. The molecule has 7 heteroatoms. The van der Waals surface area contributed by atoms with Crippen molar-refractivity contribution < 1.29 is 17.9 Å². The summed E-state index contributed by atoms with van der Waals surface area (Å²) in [7, 11) is 0.711. The average molecular weight is 348 g/mol. The Balaban J connectivity index is 2.57. The molecule has 24 heavy (non-hydrogen) atoms. The molecular weight excluding hydrogens is 328 g/mol. The highest BCUT2D eigenvalue weighted by Crippen LogP contribution is 2.32. The van der Waals surface area contributed by atoms with Gasteiger partial charge in [0.2, 0.25) is 5.91 Å². The lowest BCUT2D eigenvalue weighted by molar-refractivity contribution is -0.127. The molecule has 0 N–H and O–H groups in total. The molecule has 0 aromatic heterocycles. The van der Waals surface area contributed by atoms with Gasteiger partial charge in [-0.15, -0.1) is 0 Å². The molecule has 2 aromatic rings. The Morgan fingerprint density at radius 2 is 1.58 bits per heavy atom. The number of para-hydroxylation sites is 2. The predicted octanol–water partition coefficient (Wildman–Crippen LogP) is 1.98. The number of amides is 1. The topological polar surface area (TPSA) is 66.9 Å². The summed E-state index contributed by atoms with van der Waals surface area (Å²) in [4.78, 5) is 13.6. The van der Waals surface area contributed by atoms with E-state index in [4.69, 9.17) is 4.74 Å². The van der Waals surface area contributed by atoms with Crippen LogP contribution in [0.25, 0.3) is 0 Å². The summed E-state index contributed by atoms with van der Waals surface area (Å²) in [5.74, 6) is 0.0453. The van der Waals surface area contributed by atoms with Crippen molar-refractivity contribution in [2.24, 2.45) is 0 Å². The second kappa shape index (κ2) is 7.35. The number of anilines is 1. The van der Waals surface area contributed by atoms with Crippen molar-refractivity contribution in [1.29, 1.82) is 0 Å². The van der Waals surface area contributed by atoms with Crippen molar-refractivity contribution in [2.75, 3.05) is 32.1 Å². The van der Waals surface area contributed by atoms with Crippen molar-refractivity contribution >= 4 is 21.6 Å². The van der Waals surface area contributed by atoms with Crippen LogP contribution in [0.2, 0.25) is 0 Å². The second-order valence-electron chi connectivity index (χ2n) is 5.28. The lowest BCUT2D eigenvalue weighted by atomic mass is 10.3. The zero-order valence-electron chi connectivity index (χ0n) is 13.8. The van der Waals surface area contributed by atoms with Crippen LogP contribution >= 0.6 is 0 Å². The summed E-state index contributed by atoms with van der Waals surface area (Å²) in [6.45, 7) is -0.315. The Bertz CT molecular complexity index is 804. The third-order valence-electron chi connectivity index (χ3n) is 3.46. The predicted molar refractivity (Wildman–Crippen MR) is 92.7 cm³/mol. The number of benzene rings is 2. The smallest absolute Gasteiger partial charge is 0.264 e. The van der Waals surface area contributed by atoms with Gasteiger partial charge in [-0.05, 0) is 24.3 Å². The lowest BCUT2D eigenvalue weighted by Gasteiger charge is -2.26. The number of likely N-dealkylation sites (N-methyl/N-ethyl adjacent to an activating group) is 1. The number of hydrogen-bond donors (Lipinski definition) is 0. The van der Waals surface area contributed by atoms with Gasteiger partial charge in [0, 0.05) is 14.1 Å².